The van der Waals surface area contributed by atoms with Crippen LogP contribution in [0.1, 0.15) is 30.5 Å². The second-order valence-corrected chi connectivity index (χ2v) is 8.51. The number of nitrogens with one attached hydrogen (secondary N) is 1. The average Bonchev–Trinajstić information content (AvgIpc) is 3.28. The Kier molecular flexibility index (Phi) is 7.57. The van der Waals surface area contributed by atoms with Crippen LogP contribution in [0, 0.1) is 5.92 Å². The molecular formula is C26H30ClN3O. The van der Waals surface area contributed by atoms with Crippen LogP contribution in [0.5, 0.6) is 0 Å². The zero-order chi connectivity index (χ0) is 21.5. The normalized spacial score (nSPS) is 18.7. The fourth-order valence-electron chi connectivity index (χ4n) is 4.38. The second kappa shape index (κ2) is 10.8. The van der Waals surface area contributed by atoms with Crippen molar-refractivity contribution in [2.24, 2.45) is 5.92 Å². The molecule has 3 aromatic rings. The topological polar surface area (TPSA) is 39.1 Å². The van der Waals surface area contributed by atoms with Gasteiger partial charge in [0.15, 0.2) is 0 Å². The zero-order valence-electron chi connectivity index (χ0n) is 18.0. The molecule has 5 heteroatoms. The van der Waals surface area contributed by atoms with Crippen molar-refractivity contribution in [3.05, 3.63) is 89.2 Å². The molecule has 0 amide bonds. The summed E-state index contributed by atoms with van der Waals surface area (Å²) in [6.45, 7) is 1.61. The van der Waals surface area contributed by atoms with Gasteiger partial charge in [-0.05, 0) is 60.7 Å². The monoisotopic (exact) mass is 435 g/mol. The average molecular weight is 436 g/mol. The molecule has 2 heterocycles. The summed E-state index contributed by atoms with van der Waals surface area (Å²) >= 11 is 6.09. The number of rotatable bonds is 9. The zero-order valence-corrected chi connectivity index (χ0v) is 18.8. The van der Waals surface area contributed by atoms with Crippen molar-refractivity contribution < 1.29 is 4.74 Å². The van der Waals surface area contributed by atoms with Crippen LogP contribution in [0.25, 0.3) is 11.3 Å². The fraction of sp³-hybridized carbons (Fsp3) is 0.346. The molecule has 2 aromatic carbocycles. The first-order chi connectivity index (χ1) is 15.2. The van der Waals surface area contributed by atoms with Gasteiger partial charge >= 0.3 is 0 Å². The summed E-state index contributed by atoms with van der Waals surface area (Å²) < 4.78 is 7.54. The number of halogens is 1. The lowest BCUT2D eigenvalue weighted by atomic mass is 9.82. The van der Waals surface area contributed by atoms with Gasteiger partial charge < -0.3 is 10.1 Å². The highest BCUT2D eigenvalue weighted by atomic mass is 35.5. The summed E-state index contributed by atoms with van der Waals surface area (Å²) in [5.41, 5.74) is 4.85. The van der Waals surface area contributed by atoms with Gasteiger partial charge in [0.05, 0.1) is 18.0 Å². The molecule has 0 fully saturated rings. The summed E-state index contributed by atoms with van der Waals surface area (Å²) in [4.78, 5) is 0. The van der Waals surface area contributed by atoms with Gasteiger partial charge in [0.2, 0.25) is 0 Å². The first kappa shape index (κ1) is 21.8. The SMILES string of the molecule is COCC1C(c2ccc(Cl)cc2)=CCNC1CCCCc1ccn(-c2ccccc2)n1. The standard InChI is InChI=1S/C26H30ClN3O/c1-31-19-25-24(20-11-13-21(27)14-12-20)15-17-28-26(25)10-6-5-7-22-16-18-30(29-22)23-8-3-2-4-9-23/h2-4,8-9,11-16,18,25-26,28H,5-7,10,17,19H2,1H3. The highest BCUT2D eigenvalue weighted by Crippen LogP contribution is 2.31. The molecule has 0 radical (unpaired) electrons. The summed E-state index contributed by atoms with van der Waals surface area (Å²) in [6, 6.07) is 21.0. The van der Waals surface area contributed by atoms with Crippen LogP contribution < -0.4 is 5.32 Å². The molecule has 1 aromatic heterocycles. The van der Waals surface area contributed by atoms with Gasteiger partial charge in [0, 0.05) is 36.8 Å². The van der Waals surface area contributed by atoms with Gasteiger partial charge in [-0.3, -0.25) is 0 Å². The molecule has 0 saturated carbocycles. The van der Waals surface area contributed by atoms with E-state index >= 15 is 0 Å². The van der Waals surface area contributed by atoms with Crippen LogP contribution in [0.3, 0.4) is 0 Å². The van der Waals surface area contributed by atoms with E-state index in [1.807, 2.05) is 41.2 Å². The van der Waals surface area contributed by atoms with E-state index in [-0.39, 0.29) is 0 Å². The number of hydrogen-bond donors (Lipinski definition) is 1. The quantitative estimate of drug-likeness (QED) is 0.447. The number of benzene rings is 2. The van der Waals surface area contributed by atoms with Crippen LogP contribution in [0.2, 0.25) is 5.02 Å². The number of ether oxygens (including phenoxy) is 1. The van der Waals surface area contributed by atoms with Gasteiger partial charge in [-0.2, -0.15) is 5.10 Å². The maximum Gasteiger partial charge on any atom is 0.0645 e. The van der Waals surface area contributed by atoms with Crippen molar-refractivity contribution in [3.63, 3.8) is 0 Å². The van der Waals surface area contributed by atoms with E-state index in [1.165, 1.54) is 11.1 Å². The number of nitrogens with zero attached hydrogens (tertiary/aromatic N) is 2. The second-order valence-electron chi connectivity index (χ2n) is 8.08. The lowest BCUT2D eigenvalue weighted by Gasteiger charge is -2.33. The Morgan fingerprint density at radius 2 is 1.87 bits per heavy atom. The Labute approximate surface area is 189 Å². The van der Waals surface area contributed by atoms with Crippen molar-refractivity contribution in [3.8, 4) is 5.69 Å². The number of para-hydroxylation sites is 1. The molecule has 162 valence electrons. The van der Waals surface area contributed by atoms with E-state index < -0.39 is 0 Å². The third kappa shape index (κ3) is 5.65. The fourth-order valence-corrected chi connectivity index (χ4v) is 4.51. The first-order valence-corrected chi connectivity index (χ1v) is 11.4. The van der Waals surface area contributed by atoms with E-state index in [9.17, 15) is 0 Å². The van der Waals surface area contributed by atoms with Gasteiger partial charge in [0.1, 0.15) is 0 Å². The van der Waals surface area contributed by atoms with Crippen LogP contribution in [-0.4, -0.2) is 36.1 Å². The Morgan fingerprint density at radius 3 is 2.65 bits per heavy atom. The molecule has 2 atom stereocenters. The van der Waals surface area contributed by atoms with E-state index in [2.05, 4.69) is 41.7 Å². The number of methoxy groups -OCH3 is 1. The maximum atomic E-state index is 6.09. The Morgan fingerprint density at radius 1 is 1.06 bits per heavy atom. The minimum absolute atomic E-state index is 0.345. The molecule has 4 nitrogen and oxygen atoms in total. The van der Waals surface area contributed by atoms with Crippen molar-refractivity contribution in [1.29, 1.82) is 0 Å². The molecule has 31 heavy (non-hydrogen) atoms. The van der Waals surface area contributed by atoms with Gasteiger partial charge in [-0.15, -0.1) is 0 Å². The lowest BCUT2D eigenvalue weighted by molar-refractivity contribution is 0.151. The van der Waals surface area contributed by atoms with Gasteiger partial charge in [0.25, 0.3) is 0 Å². The third-order valence-corrected chi connectivity index (χ3v) is 6.23. The predicted molar refractivity (Wildman–Crippen MR) is 128 cm³/mol. The van der Waals surface area contributed by atoms with Crippen molar-refractivity contribution in [2.45, 2.75) is 31.7 Å². The van der Waals surface area contributed by atoms with Crippen molar-refractivity contribution in [1.82, 2.24) is 15.1 Å². The highest BCUT2D eigenvalue weighted by molar-refractivity contribution is 6.30. The minimum Gasteiger partial charge on any atom is -0.384 e. The Bertz CT molecular complexity index is 981. The number of unbranched alkanes of at least 4 members (excludes halogenated alkanes) is 1. The lowest BCUT2D eigenvalue weighted by Crippen LogP contribution is -2.42. The van der Waals surface area contributed by atoms with Crippen LogP contribution in [0.4, 0.5) is 0 Å². The molecule has 1 aliphatic heterocycles. The van der Waals surface area contributed by atoms with Gasteiger partial charge in [-0.25, -0.2) is 4.68 Å². The van der Waals surface area contributed by atoms with Gasteiger partial charge in [-0.1, -0.05) is 54.4 Å². The molecule has 4 rings (SSSR count). The minimum atomic E-state index is 0.345. The number of aromatic nitrogens is 2. The summed E-state index contributed by atoms with van der Waals surface area (Å²) in [5, 5.41) is 9.19. The van der Waals surface area contributed by atoms with E-state index in [0.717, 1.165) is 48.6 Å². The number of hydrogen-bond acceptors (Lipinski definition) is 3. The van der Waals surface area contributed by atoms with E-state index in [4.69, 9.17) is 21.4 Å². The van der Waals surface area contributed by atoms with Crippen molar-refractivity contribution in [2.75, 3.05) is 20.3 Å². The number of aryl methyl sites for hydroxylation is 1. The van der Waals surface area contributed by atoms with Crippen molar-refractivity contribution >= 4 is 17.2 Å². The van der Waals surface area contributed by atoms with Crippen LogP contribution in [-0.2, 0) is 11.2 Å². The Balaban J connectivity index is 1.32. The first-order valence-electron chi connectivity index (χ1n) is 11.0. The van der Waals surface area contributed by atoms with E-state index in [1.54, 1.807) is 7.11 Å². The molecule has 2 unspecified atom stereocenters. The molecule has 0 saturated heterocycles. The Hall–Kier alpha value is -2.40. The summed E-state index contributed by atoms with van der Waals surface area (Å²) in [6.07, 6.45) is 8.75. The highest BCUT2D eigenvalue weighted by Gasteiger charge is 2.28. The maximum absolute atomic E-state index is 6.09. The molecule has 1 aliphatic rings. The summed E-state index contributed by atoms with van der Waals surface area (Å²) in [7, 11) is 1.79. The molecule has 1 N–H and O–H groups in total. The van der Waals surface area contributed by atoms with Crippen LogP contribution in [0.15, 0.2) is 72.9 Å². The van der Waals surface area contributed by atoms with E-state index in [0.29, 0.717) is 18.6 Å². The smallest absolute Gasteiger partial charge is 0.0645 e. The molecule has 0 bridgehead atoms. The largest absolute Gasteiger partial charge is 0.384 e. The van der Waals surface area contributed by atoms with Crippen LogP contribution >= 0.6 is 11.6 Å². The molecular weight excluding hydrogens is 406 g/mol. The molecule has 0 spiro atoms. The third-order valence-electron chi connectivity index (χ3n) is 5.97. The predicted octanol–water partition coefficient (Wildman–Crippen LogP) is 5.56. The molecule has 0 aliphatic carbocycles. The summed E-state index contributed by atoms with van der Waals surface area (Å²) in [5.74, 6) is 0.345.